The van der Waals surface area contributed by atoms with Crippen molar-refractivity contribution in [2.24, 2.45) is 0 Å². The highest BCUT2D eigenvalue weighted by Crippen LogP contribution is 2.43. The van der Waals surface area contributed by atoms with E-state index in [0.717, 1.165) is 11.3 Å². The van der Waals surface area contributed by atoms with Gasteiger partial charge in [0.05, 0.1) is 41.0 Å². The Morgan fingerprint density at radius 3 is 2.67 bits per heavy atom. The molecule has 3 aromatic rings. The number of benzene rings is 1. The highest BCUT2D eigenvalue weighted by atomic mass is 35.5. The summed E-state index contributed by atoms with van der Waals surface area (Å²) in [6, 6.07) is 7.36. The second-order valence-electron chi connectivity index (χ2n) is 9.07. The van der Waals surface area contributed by atoms with Crippen molar-refractivity contribution in [3.63, 3.8) is 0 Å². The molecular weight excluding hydrogens is 442 g/mol. The Bertz CT molecular complexity index is 1260. The zero-order valence-electron chi connectivity index (χ0n) is 18.8. The lowest BCUT2D eigenvalue weighted by Gasteiger charge is -2.40. The second kappa shape index (κ2) is 7.59. The van der Waals surface area contributed by atoms with Gasteiger partial charge in [0.1, 0.15) is 11.3 Å². The van der Waals surface area contributed by atoms with Crippen molar-refractivity contribution in [1.82, 2.24) is 15.0 Å². The van der Waals surface area contributed by atoms with E-state index >= 15 is 0 Å². The van der Waals surface area contributed by atoms with Crippen molar-refractivity contribution < 1.29 is 14.1 Å². The van der Waals surface area contributed by atoms with Gasteiger partial charge in [0, 0.05) is 23.7 Å². The number of aryl methyl sites for hydroxylation is 2. The third-order valence-corrected chi connectivity index (χ3v) is 6.64. The van der Waals surface area contributed by atoms with Gasteiger partial charge in [0.25, 0.3) is 11.8 Å². The van der Waals surface area contributed by atoms with Gasteiger partial charge in [-0.25, -0.2) is 0 Å². The molecule has 2 aromatic heterocycles. The van der Waals surface area contributed by atoms with Crippen molar-refractivity contribution in [2.45, 2.75) is 39.3 Å². The van der Waals surface area contributed by atoms with Gasteiger partial charge in [-0.05, 0) is 57.5 Å². The molecule has 4 heterocycles. The number of aromatic nitrogens is 2. The number of halogens is 1. The van der Waals surface area contributed by atoms with E-state index < -0.39 is 5.54 Å². The summed E-state index contributed by atoms with van der Waals surface area (Å²) in [4.78, 5) is 33.8. The summed E-state index contributed by atoms with van der Waals surface area (Å²) in [6.45, 7) is 8.63. The Morgan fingerprint density at radius 1 is 1.21 bits per heavy atom. The first kappa shape index (κ1) is 21.5. The van der Waals surface area contributed by atoms with Crippen LogP contribution in [0.4, 0.5) is 11.4 Å². The summed E-state index contributed by atoms with van der Waals surface area (Å²) in [5, 5.41) is 7.89. The maximum absolute atomic E-state index is 13.2. The Hall–Kier alpha value is -3.39. The molecule has 0 unspecified atom stereocenters. The third-order valence-electron chi connectivity index (χ3n) is 6.40. The third kappa shape index (κ3) is 3.45. The predicted octanol–water partition coefficient (Wildman–Crippen LogP) is 4.17. The first-order valence-electron chi connectivity index (χ1n) is 10.7. The molecule has 1 aromatic carbocycles. The number of nitrogens with zero attached hydrogens (tertiary/aromatic N) is 4. The van der Waals surface area contributed by atoms with Crippen molar-refractivity contribution in [3.05, 3.63) is 69.8 Å². The zero-order valence-corrected chi connectivity index (χ0v) is 19.6. The Morgan fingerprint density at radius 2 is 1.97 bits per heavy atom. The number of hydrogen-bond acceptors (Lipinski definition) is 6. The quantitative estimate of drug-likeness (QED) is 0.621. The normalized spacial score (nSPS) is 17.2. The zero-order chi connectivity index (χ0) is 23.5. The van der Waals surface area contributed by atoms with Gasteiger partial charge < -0.3 is 14.7 Å². The van der Waals surface area contributed by atoms with E-state index in [1.807, 2.05) is 26.0 Å². The van der Waals surface area contributed by atoms with Crippen LogP contribution < -0.4 is 10.2 Å². The van der Waals surface area contributed by atoms with Gasteiger partial charge in [-0.15, -0.1) is 0 Å². The fourth-order valence-electron chi connectivity index (χ4n) is 4.69. The molecule has 33 heavy (non-hydrogen) atoms. The number of likely N-dealkylation sites (tertiary alicyclic amines) is 1. The smallest absolute Gasteiger partial charge is 0.259 e. The Labute approximate surface area is 196 Å². The molecule has 0 radical (unpaired) electrons. The topological polar surface area (TPSA) is 91.6 Å². The molecule has 0 aliphatic carbocycles. The van der Waals surface area contributed by atoms with E-state index in [9.17, 15) is 9.59 Å². The second-order valence-corrected chi connectivity index (χ2v) is 9.51. The number of anilines is 2. The predicted molar refractivity (Wildman–Crippen MR) is 125 cm³/mol. The van der Waals surface area contributed by atoms with Crippen LogP contribution in [-0.4, -0.2) is 46.0 Å². The van der Waals surface area contributed by atoms with E-state index in [-0.39, 0.29) is 17.9 Å². The van der Waals surface area contributed by atoms with Crippen LogP contribution >= 0.6 is 11.6 Å². The SMILES string of the molecule is Cc1noc(C)c1C(=O)N1CC(Nc2cncc(N3C(=O)c4ccc(Cl)cc4C3(C)C)c2)C1. The van der Waals surface area contributed by atoms with Gasteiger partial charge in [0.2, 0.25) is 0 Å². The lowest BCUT2D eigenvalue weighted by atomic mass is 9.93. The Kier molecular flexibility index (Phi) is 4.93. The summed E-state index contributed by atoms with van der Waals surface area (Å²) >= 11 is 6.19. The molecule has 0 bridgehead atoms. The summed E-state index contributed by atoms with van der Waals surface area (Å²) in [7, 11) is 0. The molecular formula is C24H24ClN5O3. The molecule has 0 atom stereocenters. The number of rotatable bonds is 4. The minimum absolute atomic E-state index is 0.0722. The summed E-state index contributed by atoms with van der Waals surface area (Å²) in [5.41, 5.74) is 3.61. The van der Waals surface area contributed by atoms with Gasteiger partial charge in [0.15, 0.2) is 0 Å². The minimum atomic E-state index is -0.564. The van der Waals surface area contributed by atoms with Crippen molar-refractivity contribution in [3.8, 4) is 0 Å². The molecule has 170 valence electrons. The number of hydrogen-bond donors (Lipinski definition) is 1. The van der Waals surface area contributed by atoms with Crippen LogP contribution in [-0.2, 0) is 5.54 Å². The van der Waals surface area contributed by atoms with E-state index in [0.29, 0.717) is 46.4 Å². The number of carbonyl (C=O) groups excluding carboxylic acids is 2. The van der Waals surface area contributed by atoms with Gasteiger partial charge in [-0.3, -0.25) is 19.5 Å². The monoisotopic (exact) mass is 465 g/mol. The maximum atomic E-state index is 13.2. The maximum Gasteiger partial charge on any atom is 0.259 e. The fourth-order valence-corrected chi connectivity index (χ4v) is 4.86. The largest absolute Gasteiger partial charge is 0.377 e. The van der Waals surface area contributed by atoms with E-state index in [1.54, 1.807) is 48.2 Å². The molecule has 5 rings (SSSR count). The Balaban J connectivity index is 1.30. The first-order valence-corrected chi connectivity index (χ1v) is 11.1. The lowest BCUT2D eigenvalue weighted by Crippen LogP contribution is -2.57. The highest BCUT2D eigenvalue weighted by molar-refractivity contribution is 6.31. The van der Waals surface area contributed by atoms with E-state index in [2.05, 4.69) is 15.5 Å². The number of pyridine rings is 1. The molecule has 2 aliphatic rings. The van der Waals surface area contributed by atoms with Crippen molar-refractivity contribution in [2.75, 3.05) is 23.3 Å². The van der Waals surface area contributed by atoms with Crippen molar-refractivity contribution >= 4 is 34.8 Å². The van der Waals surface area contributed by atoms with Crippen molar-refractivity contribution in [1.29, 1.82) is 0 Å². The average molecular weight is 466 g/mol. The molecule has 0 saturated carbocycles. The van der Waals surface area contributed by atoms with Crippen LogP contribution in [0, 0.1) is 13.8 Å². The molecule has 0 spiro atoms. The summed E-state index contributed by atoms with van der Waals surface area (Å²) in [6.07, 6.45) is 3.41. The molecule has 9 heteroatoms. The molecule has 8 nitrogen and oxygen atoms in total. The molecule has 2 amide bonds. The van der Waals surface area contributed by atoms with Crippen LogP contribution in [0.25, 0.3) is 0 Å². The molecule has 1 saturated heterocycles. The summed E-state index contributed by atoms with van der Waals surface area (Å²) < 4.78 is 5.11. The first-order chi connectivity index (χ1) is 15.7. The highest BCUT2D eigenvalue weighted by Gasteiger charge is 2.44. The van der Waals surface area contributed by atoms with Gasteiger partial charge in [-0.1, -0.05) is 16.8 Å². The van der Waals surface area contributed by atoms with E-state index in [1.165, 1.54) is 0 Å². The average Bonchev–Trinajstić information content (AvgIpc) is 3.17. The van der Waals surface area contributed by atoms with E-state index in [4.69, 9.17) is 16.1 Å². The molecule has 2 aliphatic heterocycles. The van der Waals surface area contributed by atoms with Crippen LogP contribution in [0.15, 0.2) is 41.2 Å². The molecule has 1 fully saturated rings. The number of carbonyl (C=O) groups is 2. The molecule has 1 N–H and O–H groups in total. The standard InChI is InChI=1S/C24H24ClN5O3/c1-13-21(14(2)33-28-13)23(32)29-11-17(12-29)27-16-8-18(10-26-9-16)30-22(31)19-6-5-15(25)7-20(19)24(30,3)4/h5-10,17,27H,11-12H2,1-4H3. The number of fused-ring (bicyclic) bond motifs is 1. The van der Waals surface area contributed by atoms with Gasteiger partial charge >= 0.3 is 0 Å². The van der Waals surface area contributed by atoms with Crippen LogP contribution in [0.5, 0.6) is 0 Å². The van der Waals surface area contributed by atoms with Crippen LogP contribution in [0.1, 0.15) is 51.6 Å². The summed E-state index contributed by atoms with van der Waals surface area (Å²) in [5.74, 6) is 0.383. The van der Waals surface area contributed by atoms with Crippen LogP contribution in [0.2, 0.25) is 5.02 Å². The van der Waals surface area contributed by atoms with Crippen LogP contribution in [0.3, 0.4) is 0 Å². The van der Waals surface area contributed by atoms with Gasteiger partial charge in [-0.2, -0.15) is 0 Å². The minimum Gasteiger partial charge on any atom is -0.377 e. The lowest BCUT2D eigenvalue weighted by molar-refractivity contribution is 0.0622. The fraction of sp³-hybridized carbons (Fsp3) is 0.333. The number of nitrogens with one attached hydrogen (secondary N) is 1. The number of amides is 2.